The topological polar surface area (TPSA) is 41.3 Å². The molecule has 2 unspecified atom stereocenters. The molecule has 4 nitrogen and oxygen atoms in total. The van der Waals surface area contributed by atoms with E-state index in [1.54, 1.807) is 0 Å². The summed E-state index contributed by atoms with van der Waals surface area (Å²) in [5.41, 5.74) is 0.697. The highest BCUT2D eigenvalue weighted by atomic mass is 16.3. The minimum absolute atomic E-state index is 0.485. The Morgan fingerprint density at radius 3 is 2.81 bits per heavy atom. The van der Waals surface area contributed by atoms with Crippen molar-refractivity contribution in [3.8, 4) is 0 Å². The van der Waals surface area contributed by atoms with Gasteiger partial charge in [-0.25, -0.2) is 0 Å². The van der Waals surface area contributed by atoms with E-state index in [2.05, 4.69) is 24.0 Å². The van der Waals surface area contributed by atoms with Crippen molar-refractivity contribution in [2.24, 2.45) is 7.05 Å². The predicted molar refractivity (Wildman–Crippen MR) is 63.2 cm³/mol. The summed E-state index contributed by atoms with van der Waals surface area (Å²) in [6.45, 7) is 2.95. The summed E-state index contributed by atoms with van der Waals surface area (Å²) in [5, 5.41) is 14.6. The molecular formula is C12H21N3O. The molecule has 0 radical (unpaired) electrons. The molecule has 2 heterocycles. The summed E-state index contributed by atoms with van der Waals surface area (Å²) < 4.78 is 1.81. The number of likely N-dealkylation sites (N-methyl/N-ethyl adjacent to an activating group) is 1. The molecule has 2 rings (SSSR count). The number of rotatable bonds is 3. The zero-order valence-electron chi connectivity index (χ0n) is 10.3. The molecule has 1 saturated heterocycles. The van der Waals surface area contributed by atoms with Crippen LogP contribution in [0.5, 0.6) is 0 Å². The highest BCUT2D eigenvalue weighted by Gasteiger charge is 2.38. The molecule has 0 aliphatic carbocycles. The van der Waals surface area contributed by atoms with E-state index in [1.165, 1.54) is 5.56 Å². The van der Waals surface area contributed by atoms with Crippen LogP contribution in [-0.4, -0.2) is 45.0 Å². The maximum Gasteiger partial charge on any atom is 0.0792 e. The largest absolute Gasteiger partial charge is 0.388 e. The van der Waals surface area contributed by atoms with Crippen LogP contribution < -0.4 is 0 Å². The van der Waals surface area contributed by atoms with Crippen molar-refractivity contribution >= 4 is 0 Å². The van der Waals surface area contributed by atoms with Crippen molar-refractivity contribution in [3.63, 3.8) is 0 Å². The van der Waals surface area contributed by atoms with Crippen LogP contribution in [0.2, 0.25) is 0 Å². The fraction of sp³-hybridized carbons (Fsp3) is 0.750. The molecule has 1 fully saturated rings. The van der Waals surface area contributed by atoms with Gasteiger partial charge >= 0.3 is 0 Å². The van der Waals surface area contributed by atoms with Crippen molar-refractivity contribution in [2.45, 2.75) is 37.8 Å². The summed E-state index contributed by atoms with van der Waals surface area (Å²) in [7, 11) is 4.00. The van der Waals surface area contributed by atoms with Crippen LogP contribution in [0.4, 0.5) is 0 Å². The van der Waals surface area contributed by atoms with Crippen molar-refractivity contribution < 1.29 is 5.11 Å². The molecule has 1 aliphatic heterocycles. The molecule has 0 aromatic carbocycles. The first-order valence-corrected chi connectivity index (χ1v) is 5.89. The third-order valence-electron chi connectivity index (χ3n) is 3.61. The Morgan fingerprint density at radius 1 is 1.56 bits per heavy atom. The van der Waals surface area contributed by atoms with Gasteiger partial charge in [-0.15, -0.1) is 0 Å². The van der Waals surface area contributed by atoms with Gasteiger partial charge in [-0.1, -0.05) is 0 Å². The number of hydrogen-bond donors (Lipinski definition) is 1. The van der Waals surface area contributed by atoms with E-state index in [1.807, 2.05) is 24.1 Å². The number of aromatic nitrogens is 2. The van der Waals surface area contributed by atoms with E-state index in [0.717, 1.165) is 25.8 Å². The van der Waals surface area contributed by atoms with Crippen LogP contribution in [0, 0.1) is 0 Å². The lowest BCUT2D eigenvalue weighted by Gasteiger charge is -2.21. The minimum atomic E-state index is -0.510. The van der Waals surface area contributed by atoms with Gasteiger partial charge in [0.15, 0.2) is 0 Å². The minimum Gasteiger partial charge on any atom is -0.388 e. The monoisotopic (exact) mass is 223 g/mol. The van der Waals surface area contributed by atoms with E-state index < -0.39 is 5.60 Å². The summed E-state index contributed by atoms with van der Waals surface area (Å²) >= 11 is 0. The van der Waals surface area contributed by atoms with Gasteiger partial charge in [-0.05, 0) is 38.8 Å². The summed E-state index contributed by atoms with van der Waals surface area (Å²) in [6.07, 6.45) is 6.51. The second-order valence-corrected chi connectivity index (χ2v) is 5.21. The van der Waals surface area contributed by atoms with Crippen molar-refractivity contribution in [2.75, 3.05) is 13.6 Å². The van der Waals surface area contributed by atoms with Crippen molar-refractivity contribution in [1.82, 2.24) is 14.7 Å². The maximum absolute atomic E-state index is 10.4. The Labute approximate surface area is 96.9 Å². The summed E-state index contributed by atoms with van der Waals surface area (Å²) in [4.78, 5) is 2.23. The molecule has 1 aromatic rings. The Morgan fingerprint density at radius 2 is 2.31 bits per heavy atom. The standard InChI is InChI=1S/C12H21N3O/c1-10-6-12(16,9-14(10)2)5-4-11-7-13-15(3)8-11/h7-8,10,16H,4-6,9H2,1-3H3. The Bertz CT molecular complexity index is 351. The summed E-state index contributed by atoms with van der Waals surface area (Å²) in [5.74, 6) is 0. The lowest BCUT2D eigenvalue weighted by molar-refractivity contribution is 0.0431. The molecule has 0 amide bonds. The first kappa shape index (κ1) is 11.6. The van der Waals surface area contributed by atoms with E-state index in [-0.39, 0.29) is 0 Å². The second-order valence-electron chi connectivity index (χ2n) is 5.21. The molecule has 0 bridgehead atoms. The fourth-order valence-electron chi connectivity index (χ4n) is 2.55. The zero-order chi connectivity index (χ0) is 11.8. The van der Waals surface area contributed by atoms with Gasteiger partial charge in [0.25, 0.3) is 0 Å². The SMILES string of the molecule is CC1CC(O)(CCc2cnn(C)c2)CN1C. The Hall–Kier alpha value is -0.870. The average Bonchev–Trinajstić information content (AvgIpc) is 2.70. The van der Waals surface area contributed by atoms with Crippen LogP contribution in [-0.2, 0) is 13.5 Å². The lowest BCUT2D eigenvalue weighted by Crippen LogP contribution is -2.32. The smallest absolute Gasteiger partial charge is 0.0792 e. The van der Waals surface area contributed by atoms with Crippen LogP contribution in [0.3, 0.4) is 0 Å². The van der Waals surface area contributed by atoms with E-state index in [0.29, 0.717) is 6.04 Å². The first-order chi connectivity index (χ1) is 7.48. The number of hydrogen-bond acceptors (Lipinski definition) is 3. The number of nitrogens with zero attached hydrogens (tertiary/aromatic N) is 3. The first-order valence-electron chi connectivity index (χ1n) is 5.89. The maximum atomic E-state index is 10.4. The number of β-amino-alcohol motifs (C(OH)–C–C–N with tert-alkyl or cyclic N) is 1. The van der Waals surface area contributed by atoms with Crippen LogP contribution >= 0.6 is 0 Å². The predicted octanol–water partition coefficient (Wildman–Crippen LogP) is 0.808. The molecule has 1 N–H and O–H groups in total. The lowest BCUT2D eigenvalue weighted by atomic mass is 9.93. The van der Waals surface area contributed by atoms with Crippen LogP contribution in [0.15, 0.2) is 12.4 Å². The van der Waals surface area contributed by atoms with Gasteiger partial charge in [0.2, 0.25) is 0 Å². The van der Waals surface area contributed by atoms with Crippen LogP contribution in [0.25, 0.3) is 0 Å². The van der Waals surface area contributed by atoms with E-state index in [9.17, 15) is 5.11 Å². The molecule has 4 heteroatoms. The average molecular weight is 223 g/mol. The third kappa shape index (κ3) is 2.44. The molecule has 1 aliphatic rings. The molecule has 0 spiro atoms. The molecule has 2 atom stereocenters. The van der Waals surface area contributed by atoms with Gasteiger partial charge in [0, 0.05) is 25.8 Å². The van der Waals surface area contributed by atoms with Crippen LogP contribution in [0.1, 0.15) is 25.3 Å². The third-order valence-corrected chi connectivity index (χ3v) is 3.61. The molecule has 0 saturated carbocycles. The number of likely N-dealkylation sites (tertiary alicyclic amines) is 1. The van der Waals surface area contributed by atoms with Gasteiger partial charge in [-0.2, -0.15) is 5.10 Å². The quantitative estimate of drug-likeness (QED) is 0.824. The molecule has 90 valence electrons. The van der Waals surface area contributed by atoms with Gasteiger partial charge in [0.1, 0.15) is 0 Å². The fourth-order valence-corrected chi connectivity index (χ4v) is 2.55. The number of aryl methyl sites for hydroxylation is 2. The highest BCUT2D eigenvalue weighted by Crippen LogP contribution is 2.29. The van der Waals surface area contributed by atoms with Gasteiger partial charge in [-0.3, -0.25) is 4.68 Å². The van der Waals surface area contributed by atoms with E-state index in [4.69, 9.17) is 0 Å². The Balaban J connectivity index is 1.91. The normalized spacial score (nSPS) is 31.1. The second kappa shape index (κ2) is 4.18. The molecular weight excluding hydrogens is 202 g/mol. The Kier molecular flexibility index (Phi) is 3.04. The van der Waals surface area contributed by atoms with Crippen molar-refractivity contribution in [1.29, 1.82) is 0 Å². The van der Waals surface area contributed by atoms with Crippen molar-refractivity contribution in [3.05, 3.63) is 18.0 Å². The zero-order valence-corrected chi connectivity index (χ0v) is 10.3. The van der Waals surface area contributed by atoms with Gasteiger partial charge in [0.05, 0.1) is 11.8 Å². The highest BCUT2D eigenvalue weighted by molar-refractivity contribution is 5.06. The summed E-state index contributed by atoms with van der Waals surface area (Å²) in [6, 6.07) is 0.485. The van der Waals surface area contributed by atoms with Gasteiger partial charge < -0.3 is 10.0 Å². The number of aliphatic hydroxyl groups is 1. The molecule has 16 heavy (non-hydrogen) atoms. The van der Waals surface area contributed by atoms with E-state index >= 15 is 0 Å². The molecule has 1 aromatic heterocycles.